The predicted molar refractivity (Wildman–Crippen MR) is 129 cm³/mol. The SMILES string of the molecule is [CH2]C[C@H](NC(=O)[C@@H]1SCCN1S(=O)(=O)c1ccc(-c2ccccc2F)cc1)c1ccccc1. The van der Waals surface area contributed by atoms with E-state index in [-0.39, 0.29) is 29.2 Å². The Kier molecular flexibility index (Phi) is 7.17. The van der Waals surface area contributed by atoms with Gasteiger partial charge < -0.3 is 5.32 Å². The summed E-state index contributed by atoms with van der Waals surface area (Å²) in [6.45, 7) is 4.15. The largest absolute Gasteiger partial charge is 0.347 e. The van der Waals surface area contributed by atoms with Crippen molar-refractivity contribution in [3.05, 3.63) is 97.2 Å². The molecule has 0 aromatic heterocycles. The van der Waals surface area contributed by atoms with Crippen molar-refractivity contribution in [2.75, 3.05) is 12.3 Å². The molecule has 8 heteroatoms. The third kappa shape index (κ3) is 4.98. The first-order valence-electron chi connectivity index (χ1n) is 10.5. The van der Waals surface area contributed by atoms with Crippen molar-refractivity contribution < 1.29 is 17.6 Å². The normalized spacial score (nSPS) is 17.6. The number of amides is 1. The molecule has 0 saturated carbocycles. The molecule has 1 heterocycles. The molecule has 1 amide bonds. The third-order valence-electron chi connectivity index (χ3n) is 5.53. The predicted octanol–water partition coefficient (Wildman–Crippen LogP) is 4.64. The van der Waals surface area contributed by atoms with Gasteiger partial charge in [-0.05, 0) is 35.7 Å². The van der Waals surface area contributed by atoms with Gasteiger partial charge in [0.15, 0.2) is 0 Å². The standard InChI is InChI=1S/C25H24FN2O3S2/c1-2-23(19-8-4-3-5-9-19)27-24(29)25-28(16-17-32-25)33(30,31)20-14-12-18(13-15-20)21-10-6-7-11-22(21)26/h3-15,23,25H,1-2,16-17H2,(H,27,29)/t23-,25-/m0/s1. The Morgan fingerprint density at radius 2 is 1.73 bits per heavy atom. The quantitative estimate of drug-likeness (QED) is 0.532. The average Bonchev–Trinajstić information content (AvgIpc) is 3.35. The van der Waals surface area contributed by atoms with Crippen molar-refractivity contribution in [1.82, 2.24) is 9.62 Å². The second-order valence-corrected chi connectivity index (χ2v) is 10.7. The van der Waals surface area contributed by atoms with E-state index >= 15 is 0 Å². The van der Waals surface area contributed by atoms with Crippen LogP contribution in [0.3, 0.4) is 0 Å². The van der Waals surface area contributed by atoms with E-state index < -0.39 is 15.4 Å². The number of thioether (sulfide) groups is 1. The minimum Gasteiger partial charge on any atom is -0.347 e. The molecule has 0 bridgehead atoms. The molecule has 1 radical (unpaired) electrons. The Labute approximate surface area is 198 Å². The van der Waals surface area contributed by atoms with Crippen LogP contribution in [0.15, 0.2) is 83.8 Å². The summed E-state index contributed by atoms with van der Waals surface area (Å²) < 4.78 is 42.0. The molecule has 5 nitrogen and oxygen atoms in total. The molecule has 1 saturated heterocycles. The van der Waals surface area contributed by atoms with E-state index in [1.807, 2.05) is 30.3 Å². The first kappa shape index (κ1) is 23.5. The molecule has 3 aromatic carbocycles. The van der Waals surface area contributed by atoms with E-state index in [9.17, 15) is 17.6 Å². The van der Waals surface area contributed by atoms with E-state index in [1.165, 1.54) is 34.3 Å². The number of halogens is 1. The van der Waals surface area contributed by atoms with Gasteiger partial charge in [0.25, 0.3) is 0 Å². The van der Waals surface area contributed by atoms with E-state index in [0.717, 1.165) is 5.56 Å². The van der Waals surface area contributed by atoms with Crippen molar-refractivity contribution >= 4 is 27.7 Å². The minimum atomic E-state index is -3.91. The zero-order valence-corrected chi connectivity index (χ0v) is 19.5. The van der Waals surface area contributed by atoms with E-state index in [1.54, 1.807) is 30.3 Å². The maximum Gasteiger partial charge on any atom is 0.249 e. The molecule has 0 aliphatic carbocycles. The molecular formula is C25H24FN2O3S2. The highest BCUT2D eigenvalue weighted by atomic mass is 32.2. The molecule has 2 atom stereocenters. The van der Waals surface area contributed by atoms with E-state index in [0.29, 0.717) is 23.3 Å². The maximum atomic E-state index is 14.1. The van der Waals surface area contributed by atoms with Crippen molar-refractivity contribution in [2.45, 2.75) is 22.7 Å². The van der Waals surface area contributed by atoms with Gasteiger partial charge in [0, 0.05) is 17.9 Å². The molecular weight excluding hydrogens is 459 g/mol. The van der Waals surface area contributed by atoms with Gasteiger partial charge >= 0.3 is 0 Å². The van der Waals surface area contributed by atoms with E-state index in [2.05, 4.69) is 12.2 Å². The van der Waals surface area contributed by atoms with Crippen LogP contribution in [-0.2, 0) is 14.8 Å². The minimum absolute atomic E-state index is 0.0691. The topological polar surface area (TPSA) is 66.5 Å². The van der Waals surface area contributed by atoms with Crippen molar-refractivity contribution in [3.8, 4) is 11.1 Å². The van der Waals surface area contributed by atoms with Gasteiger partial charge in [-0.15, -0.1) is 11.8 Å². The first-order valence-corrected chi connectivity index (χ1v) is 13.0. The van der Waals surface area contributed by atoms with Gasteiger partial charge in [-0.3, -0.25) is 4.79 Å². The van der Waals surface area contributed by atoms with Gasteiger partial charge in [-0.1, -0.05) is 67.6 Å². The second kappa shape index (κ2) is 10.1. The van der Waals surface area contributed by atoms with Crippen LogP contribution >= 0.6 is 11.8 Å². The Morgan fingerprint density at radius 3 is 2.39 bits per heavy atom. The van der Waals surface area contributed by atoms with Crippen LogP contribution in [0.2, 0.25) is 0 Å². The Morgan fingerprint density at radius 1 is 1.06 bits per heavy atom. The summed E-state index contributed by atoms with van der Waals surface area (Å²) >= 11 is 1.29. The van der Waals surface area contributed by atoms with Crippen molar-refractivity contribution in [3.63, 3.8) is 0 Å². The monoisotopic (exact) mass is 483 g/mol. The maximum absolute atomic E-state index is 14.1. The Bertz CT molecular complexity index is 1220. The van der Waals surface area contributed by atoms with Gasteiger partial charge in [-0.25, -0.2) is 12.8 Å². The van der Waals surface area contributed by atoms with E-state index in [4.69, 9.17) is 0 Å². The molecule has 171 valence electrons. The number of nitrogens with one attached hydrogen (secondary N) is 1. The fourth-order valence-electron chi connectivity index (χ4n) is 3.80. The lowest BCUT2D eigenvalue weighted by Crippen LogP contribution is -2.45. The highest BCUT2D eigenvalue weighted by Gasteiger charge is 2.40. The summed E-state index contributed by atoms with van der Waals surface area (Å²) in [5.41, 5.74) is 1.90. The number of hydrogen-bond acceptors (Lipinski definition) is 4. The highest BCUT2D eigenvalue weighted by Crippen LogP contribution is 2.32. The molecule has 1 fully saturated rings. The molecule has 1 N–H and O–H groups in total. The van der Waals surface area contributed by atoms with Gasteiger partial charge in [0.2, 0.25) is 15.9 Å². The summed E-state index contributed by atoms with van der Waals surface area (Å²) in [6.07, 6.45) is 0.442. The number of nitrogens with zero attached hydrogens (tertiary/aromatic N) is 1. The lowest BCUT2D eigenvalue weighted by Gasteiger charge is -2.25. The van der Waals surface area contributed by atoms with Crippen LogP contribution in [-0.4, -0.2) is 36.3 Å². The lowest BCUT2D eigenvalue weighted by atomic mass is 10.0. The zero-order valence-electron chi connectivity index (χ0n) is 17.9. The van der Waals surface area contributed by atoms with Crippen LogP contribution in [0.25, 0.3) is 11.1 Å². The van der Waals surface area contributed by atoms with Gasteiger partial charge in [0.1, 0.15) is 11.2 Å². The summed E-state index contributed by atoms with van der Waals surface area (Å²) in [5, 5.41) is 2.08. The Hall–Kier alpha value is -2.68. The van der Waals surface area contributed by atoms with Crippen molar-refractivity contribution in [1.29, 1.82) is 0 Å². The summed E-state index contributed by atoms with van der Waals surface area (Å²) in [6, 6.07) is 21.6. The number of sulfonamides is 1. The second-order valence-electron chi connectivity index (χ2n) is 7.60. The fraction of sp³-hybridized carbons (Fsp3) is 0.200. The zero-order chi connectivity index (χ0) is 23.4. The van der Waals surface area contributed by atoms with Crippen LogP contribution in [0, 0.1) is 12.7 Å². The van der Waals surface area contributed by atoms with Gasteiger partial charge in [-0.2, -0.15) is 4.31 Å². The molecule has 1 aliphatic heterocycles. The highest BCUT2D eigenvalue weighted by molar-refractivity contribution is 8.02. The fourth-order valence-corrected chi connectivity index (χ4v) is 6.88. The van der Waals surface area contributed by atoms with Crippen molar-refractivity contribution in [2.24, 2.45) is 0 Å². The van der Waals surface area contributed by atoms with Crippen LogP contribution in [0.5, 0.6) is 0 Å². The summed E-state index contributed by atoms with van der Waals surface area (Å²) in [4.78, 5) is 13.1. The number of carbonyl (C=O) groups is 1. The molecule has 3 aromatic rings. The number of carbonyl (C=O) groups excluding carboxylic acids is 1. The van der Waals surface area contributed by atoms with Crippen LogP contribution < -0.4 is 5.32 Å². The molecule has 33 heavy (non-hydrogen) atoms. The summed E-state index contributed by atoms with van der Waals surface area (Å²) in [5.74, 6) is -0.217. The third-order valence-corrected chi connectivity index (χ3v) is 8.74. The van der Waals surface area contributed by atoms with Gasteiger partial charge in [0.05, 0.1) is 10.9 Å². The molecule has 0 spiro atoms. The molecule has 1 aliphatic rings. The Balaban J connectivity index is 1.53. The number of benzene rings is 3. The molecule has 4 rings (SSSR count). The smallest absolute Gasteiger partial charge is 0.249 e. The molecule has 0 unspecified atom stereocenters. The number of rotatable bonds is 7. The number of hydrogen-bond donors (Lipinski definition) is 1. The van der Waals surface area contributed by atoms with Crippen LogP contribution in [0.1, 0.15) is 18.0 Å². The van der Waals surface area contributed by atoms with Crippen LogP contribution in [0.4, 0.5) is 4.39 Å². The average molecular weight is 484 g/mol. The first-order chi connectivity index (χ1) is 15.9. The summed E-state index contributed by atoms with van der Waals surface area (Å²) in [7, 11) is -3.91. The lowest BCUT2D eigenvalue weighted by molar-refractivity contribution is -0.122.